The van der Waals surface area contributed by atoms with Gasteiger partial charge in [-0.3, -0.25) is 0 Å². The lowest BCUT2D eigenvalue weighted by molar-refractivity contribution is 1.00. The molecule has 0 heterocycles. The van der Waals surface area contributed by atoms with E-state index in [2.05, 4.69) is 12.1 Å². The van der Waals surface area contributed by atoms with Gasteiger partial charge >= 0.3 is 0 Å². The normalized spacial score (nSPS) is 13.1. The van der Waals surface area contributed by atoms with Gasteiger partial charge in [0.1, 0.15) is 0 Å². The highest BCUT2D eigenvalue weighted by molar-refractivity contribution is 6.52. The van der Waals surface area contributed by atoms with Crippen molar-refractivity contribution in [3.8, 4) is 0 Å². The first kappa shape index (κ1) is 12.6. The summed E-state index contributed by atoms with van der Waals surface area (Å²) < 4.78 is 0. The lowest BCUT2D eigenvalue weighted by atomic mass is 9.86. The Morgan fingerprint density at radius 2 is 1.00 bits per heavy atom. The number of fused-ring (bicyclic) bond motifs is 2. The van der Waals surface area contributed by atoms with Crippen LogP contribution in [0.15, 0.2) is 24.3 Å². The van der Waals surface area contributed by atoms with Crippen LogP contribution in [0.1, 0.15) is 22.3 Å². The first-order valence-corrected chi connectivity index (χ1v) is 7.01. The molecule has 0 aromatic heterocycles. The number of rotatable bonds is 0. The van der Waals surface area contributed by atoms with Gasteiger partial charge in [-0.25, -0.2) is 0 Å². The first-order chi connectivity index (χ1) is 8.59. The summed E-state index contributed by atoms with van der Waals surface area (Å²) in [6.07, 6.45) is 1.50. The van der Waals surface area contributed by atoms with Gasteiger partial charge in [-0.15, -0.1) is 0 Å². The molecule has 0 atom stereocenters. The number of benzene rings is 2. The zero-order valence-electron chi connectivity index (χ0n) is 9.24. The van der Waals surface area contributed by atoms with Gasteiger partial charge in [-0.2, -0.15) is 0 Å². The summed E-state index contributed by atoms with van der Waals surface area (Å²) in [6.45, 7) is 0. The molecule has 2 aromatic carbocycles. The Morgan fingerprint density at radius 3 is 1.39 bits per heavy atom. The minimum Gasteiger partial charge on any atom is -0.0823 e. The molecule has 4 heteroatoms. The SMILES string of the molecule is Clc1c(Cl)c(Cl)c2c(c1Cl)Cc1ccccc1C2. The molecule has 0 aliphatic heterocycles. The van der Waals surface area contributed by atoms with Gasteiger partial charge in [-0.1, -0.05) is 70.7 Å². The van der Waals surface area contributed by atoms with Gasteiger partial charge in [0.2, 0.25) is 0 Å². The van der Waals surface area contributed by atoms with Crippen LogP contribution >= 0.6 is 46.4 Å². The first-order valence-electron chi connectivity index (χ1n) is 5.50. The molecule has 0 amide bonds. The highest BCUT2D eigenvalue weighted by Gasteiger charge is 2.24. The van der Waals surface area contributed by atoms with Crippen LogP contribution in [0.4, 0.5) is 0 Å². The minimum absolute atomic E-state index is 0.349. The molecule has 0 fully saturated rings. The van der Waals surface area contributed by atoms with E-state index in [0.717, 1.165) is 24.0 Å². The van der Waals surface area contributed by atoms with E-state index in [-0.39, 0.29) is 0 Å². The molecule has 0 saturated carbocycles. The van der Waals surface area contributed by atoms with Crippen LogP contribution in [0.3, 0.4) is 0 Å². The fourth-order valence-electron chi connectivity index (χ4n) is 2.37. The monoisotopic (exact) mass is 316 g/mol. The van der Waals surface area contributed by atoms with Crippen LogP contribution in [-0.2, 0) is 12.8 Å². The maximum Gasteiger partial charge on any atom is 0.0796 e. The molecule has 2 aromatic rings. The summed E-state index contributed by atoms with van der Waals surface area (Å²) >= 11 is 24.8. The molecule has 0 unspecified atom stereocenters. The Morgan fingerprint density at radius 1 is 0.611 bits per heavy atom. The Balaban J connectivity index is 2.25. The number of hydrogen-bond acceptors (Lipinski definition) is 0. The van der Waals surface area contributed by atoms with Gasteiger partial charge in [0.25, 0.3) is 0 Å². The molecule has 0 bridgehead atoms. The lowest BCUT2D eigenvalue weighted by Gasteiger charge is -2.23. The van der Waals surface area contributed by atoms with Crippen molar-refractivity contribution in [2.24, 2.45) is 0 Å². The van der Waals surface area contributed by atoms with Crippen LogP contribution in [0.5, 0.6) is 0 Å². The zero-order valence-corrected chi connectivity index (χ0v) is 12.3. The summed E-state index contributed by atoms with van der Waals surface area (Å²) in [5.74, 6) is 0. The molecular weight excluding hydrogens is 310 g/mol. The smallest absolute Gasteiger partial charge is 0.0796 e. The van der Waals surface area contributed by atoms with Crippen LogP contribution in [0.25, 0.3) is 0 Å². The third-order valence-corrected chi connectivity index (χ3v) is 5.21. The van der Waals surface area contributed by atoms with Crippen LogP contribution in [0, 0.1) is 0 Å². The molecule has 0 radical (unpaired) electrons. The Kier molecular flexibility index (Phi) is 3.23. The Labute approximate surface area is 125 Å². The van der Waals surface area contributed by atoms with Gasteiger partial charge in [-0.05, 0) is 35.1 Å². The lowest BCUT2D eigenvalue weighted by Crippen LogP contribution is -2.09. The minimum atomic E-state index is 0.349. The van der Waals surface area contributed by atoms with E-state index in [1.54, 1.807) is 0 Å². The van der Waals surface area contributed by atoms with Crippen molar-refractivity contribution in [2.75, 3.05) is 0 Å². The van der Waals surface area contributed by atoms with Crippen molar-refractivity contribution in [1.82, 2.24) is 0 Å². The van der Waals surface area contributed by atoms with E-state index in [1.165, 1.54) is 11.1 Å². The molecule has 0 nitrogen and oxygen atoms in total. The van der Waals surface area contributed by atoms with E-state index in [9.17, 15) is 0 Å². The topological polar surface area (TPSA) is 0 Å². The second-order valence-corrected chi connectivity index (χ2v) is 5.85. The third kappa shape index (κ3) is 1.83. The fourth-order valence-corrected chi connectivity index (χ4v) is 3.44. The predicted molar refractivity (Wildman–Crippen MR) is 78.5 cm³/mol. The molecule has 1 aliphatic carbocycles. The van der Waals surface area contributed by atoms with Crippen molar-refractivity contribution in [1.29, 1.82) is 0 Å². The second-order valence-electron chi connectivity index (χ2n) is 4.34. The quantitative estimate of drug-likeness (QED) is 0.363. The van der Waals surface area contributed by atoms with Crippen LogP contribution < -0.4 is 0 Å². The maximum absolute atomic E-state index is 6.28. The van der Waals surface area contributed by atoms with Crippen molar-refractivity contribution in [3.05, 3.63) is 66.6 Å². The summed E-state index contributed by atoms with van der Waals surface area (Å²) in [4.78, 5) is 0. The molecule has 1 aliphatic rings. The summed E-state index contributed by atoms with van der Waals surface area (Å²) in [6, 6.07) is 8.25. The molecule has 92 valence electrons. The highest BCUT2D eigenvalue weighted by Crippen LogP contribution is 2.45. The van der Waals surface area contributed by atoms with E-state index in [0.29, 0.717) is 20.1 Å². The van der Waals surface area contributed by atoms with Gasteiger partial charge in [0.15, 0.2) is 0 Å². The van der Waals surface area contributed by atoms with Crippen molar-refractivity contribution < 1.29 is 0 Å². The van der Waals surface area contributed by atoms with Gasteiger partial charge < -0.3 is 0 Å². The van der Waals surface area contributed by atoms with E-state index in [1.807, 2.05) is 12.1 Å². The van der Waals surface area contributed by atoms with E-state index >= 15 is 0 Å². The van der Waals surface area contributed by atoms with Crippen molar-refractivity contribution >= 4 is 46.4 Å². The molecule has 3 rings (SSSR count). The number of halogens is 4. The maximum atomic E-state index is 6.28. The van der Waals surface area contributed by atoms with Crippen molar-refractivity contribution in [2.45, 2.75) is 12.8 Å². The molecule has 0 saturated heterocycles. The average molecular weight is 318 g/mol. The largest absolute Gasteiger partial charge is 0.0823 e. The Hall–Kier alpha value is -0.400. The highest BCUT2D eigenvalue weighted by atomic mass is 35.5. The summed E-state index contributed by atoms with van der Waals surface area (Å²) in [7, 11) is 0. The molecule has 0 N–H and O–H groups in total. The average Bonchev–Trinajstić information content (AvgIpc) is 2.41. The van der Waals surface area contributed by atoms with Crippen molar-refractivity contribution in [3.63, 3.8) is 0 Å². The van der Waals surface area contributed by atoms with Gasteiger partial charge in [0.05, 0.1) is 20.1 Å². The predicted octanol–water partition coefficient (Wildman–Crippen LogP) is 5.80. The molecule has 18 heavy (non-hydrogen) atoms. The Bertz CT molecular complexity index is 591. The fraction of sp³-hybridized carbons (Fsp3) is 0.143. The molecular formula is C14H8Cl4. The molecule has 0 spiro atoms. The third-order valence-electron chi connectivity index (χ3n) is 3.33. The van der Waals surface area contributed by atoms with Gasteiger partial charge in [0, 0.05) is 0 Å². The zero-order chi connectivity index (χ0) is 12.9. The number of hydrogen-bond donors (Lipinski definition) is 0. The van der Waals surface area contributed by atoms with E-state index in [4.69, 9.17) is 46.4 Å². The standard InChI is InChI=1S/C14H8Cl4/c15-11-9-5-7-3-1-2-4-8(7)6-10(9)12(16)14(18)13(11)17/h1-4H,5-6H2. The summed E-state index contributed by atoms with van der Waals surface area (Å²) in [5, 5.41) is 1.74. The van der Waals surface area contributed by atoms with Crippen LogP contribution in [-0.4, -0.2) is 0 Å². The second kappa shape index (κ2) is 4.61. The van der Waals surface area contributed by atoms with Crippen LogP contribution in [0.2, 0.25) is 20.1 Å². The summed E-state index contributed by atoms with van der Waals surface area (Å²) in [5.41, 5.74) is 4.52. The van der Waals surface area contributed by atoms with E-state index < -0.39 is 0 Å².